The lowest BCUT2D eigenvalue weighted by molar-refractivity contribution is -0.153. The van der Waals surface area contributed by atoms with Gasteiger partial charge in [0.15, 0.2) is 0 Å². The van der Waals surface area contributed by atoms with Crippen LogP contribution in [-0.4, -0.2) is 152 Å². The molecular formula is C52H62ClN11O12. The first kappa shape index (κ1) is 57.3. The van der Waals surface area contributed by atoms with E-state index in [4.69, 9.17) is 16.3 Å². The molecule has 0 bridgehead atoms. The van der Waals surface area contributed by atoms with E-state index < -0.39 is 91.7 Å². The van der Waals surface area contributed by atoms with Crippen molar-refractivity contribution in [2.45, 2.75) is 76.5 Å². The minimum absolute atomic E-state index is 0.0131. The number of imide groups is 2. The van der Waals surface area contributed by atoms with Gasteiger partial charge in [-0.05, 0) is 73.2 Å². The van der Waals surface area contributed by atoms with Gasteiger partial charge in [-0.1, -0.05) is 66.6 Å². The van der Waals surface area contributed by atoms with Gasteiger partial charge in [-0.3, -0.25) is 57.7 Å². The van der Waals surface area contributed by atoms with Crippen molar-refractivity contribution in [3.8, 4) is 0 Å². The molecule has 6 rings (SSSR count). The monoisotopic (exact) mass is 1070 g/mol. The molecule has 1 unspecified atom stereocenters. The van der Waals surface area contributed by atoms with Crippen LogP contribution < -0.4 is 42.5 Å². The van der Waals surface area contributed by atoms with E-state index in [-0.39, 0.29) is 57.1 Å². The summed E-state index contributed by atoms with van der Waals surface area (Å²) in [4.78, 5) is 144. The van der Waals surface area contributed by atoms with Crippen molar-refractivity contribution in [1.29, 1.82) is 0 Å². The van der Waals surface area contributed by atoms with Gasteiger partial charge in [-0.25, -0.2) is 4.79 Å². The van der Waals surface area contributed by atoms with Gasteiger partial charge in [0.05, 0.1) is 32.8 Å². The van der Waals surface area contributed by atoms with Crippen molar-refractivity contribution in [3.05, 3.63) is 112 Å². The number of urea groups is 1. The molecule has 24 heteroatoms. The molecule has 0 radical (unpaired) electrons. The number of carbonyl (C=O) groups is 11. The van der Waals surface area contributed by atoms with Crippen molar-refractivity contribution in [1.82, 2.24) is 51.9 Å². The molecule has 12 amide bonds. The van der Waals surface area contributed by atoms with Gasteiger partial charge in [0.1, 0.15) is 18.8 Å². The zero-order valence-corrected chi connectivity index (χ0v) is 42.8. The van der Waals surface area contributed by atoms with Crippen LogP contribution in [0.2, 0.25) is 5.02 Å². The molecule has 3 heterocycles. The van der Waals surface area contributed by atoms with Crippen LogP contribution in [0.5, 0.6) is 0 Å². The third kappa shape index (κ3) is 17.0. The van der Waals surface area contributed by atoms with E-state index in [2.05, 4.69) is 42.5 Å². The number of ether oxygens (including phenoxy) is 1. The van der Waals surface area contributed by atoms with Crippen LogP contribution in [-0.2, 0) is 73.8 Å². The summed E-state index contributed by atoms with van der Waals surface area (Å²) in [5.74, 6) is -5.73. The summed E-state index contributed by atoms with van der Waals surface area (Å²) in [6, 6.07) is 16.3. The van der Waals surface area contributed by atoms with E-state index in [9.17, 15) is 52.7 Å². The Balaban J connectivity index is 0.911. The zero-order valence-electron chi connectivity index (χ0n) is 42.0. The largest absolute Gasteiger partial charge is 0.380 e. The first-order valence-electron chi connectivity index (χ1n) is 24.9. The lowest BCUT2D eigenvalue weighted by Crippen LogP contribution is -2.57. The van der Waals surface area contributed by atoms with E-state index in [0.717, 1.165) is 21.9 Å². The molecule has 3 aromatic carbocycles. The Kier molecular flexibility index (Phi) is 21.5. The summed E-state index contributed by atoms with van der Waals surface area (Å²) < 4.78 is 5.57. The Morgan fingerprint density at radius 3 is 2.21 bits per heavy atom. The first-order chi connectivity index (χ1) is 36.6. The third-order valence-corrected chi connectivity index (χ3v) is 12.9. The lowest BCUT2D eigenvalue weighted by atomic mass is 10.0. The molecule has 0 saturated carbocycles. The molecule has 23 nitrogen and oxygen atoms in total. The highest BCUT2D eigenvalue weighted by Gasteiger charge is 2.43. The number of unbranched alkanes of at least 4 members (excludes halogenated alkanes) is 2. The van der Waals surface area contributed by atoms with Crippen LogP contribution in [0.3, 0.4) is 0 Å². The maximum absolute atomic E-state index is 13.8. The van der Waals surface area contributed by atoms with Gasteiger partial charge in [0.2, 0.25) is 35.4 Å². The second kappa shape index (κ2) is 28.6. The highest BCUT2D eigenvalue weighted by molar-refractivity contribution is 6.31. The molecule has 1 saturated heterocycles. The summed E-state index contributed by atoms with van der Waals surface area (Å²) in [7, 11) is 1.85. The molecule has 3 aromatic rings. The molecule has 3 aliphatic heterocycles. The number of piperidine rings is 1. The number of hydrogen-bond donors (Lipinski definition) is 8. The highest BCUT2D eigenvalue weighted by atomic mass is 35.5. The molecule has 0 aromatic heterocycles. The number of halogens is 1. The summed E-state index contributed by atoms with van der Waals surface area (Å²) in [6.07, 6.45) is 4.66. The Morgan fingerprint density at radius 2 is 1.46 bits per heavy atom. The van der Waals surface area contributed by atoms with Gasteiger partial charge >= 0.3 is 6.03 Å². The number of hydrogen-bond acceptors (Lipinski definition) is 13. The highest BCUT2D eigenvalue weighted by Crippen LogP contribution is 2.30. The number of carbonyl (C=O) groups excluding carboxylic acids is 11. The van der Waals surface area contributed by atoms with Gasteiger partial charge in [0, 0.05) is 73.9 Å². The van der Waals surface area contributed by atoms with Crippen molar-refractivity contribution >= 4 is 82.4 Å². The maximum Gasteiger partial charge on any atom is 0.319 e. The molecule has 8 N–H and O–H groups in total. The number of amides is 12. The standard InChI is InChI=1S/C52H62ClN11O12/c1-54-20-23-76-22-19-35-12-13-37(26-39(35)53)60-52(75)58-27-34-11-14-38-36(24-34)31-63(50(38)73)41-15-16-48(71)64(51(41)74)32-59-44(67)29-57-49(72)40(25-33-8-4-2-5-9-33)61-45(68)30-56-43(66)28-55-42(65)10-6-3-7-21-62-46(69)17-18-47(62)70/h2,4-5,8-9,11-14,17-18,24,26,40-41,54H,3,6-7,10,15-16,19-23,25,27-32H2,1H3,(H,55,65)(H,56,66)(H,57,72)(H,59,67)(H,61,68)(H2,58,60,75)/t40-,41?/m0/s1. The fourth-order valence-corrected chi connectivity index (χ4v) is 8.67. The van der Waals surface area contributed by atoms with Crippen LogP contribution in [0.25, 0.3) is 0 Å². The number of benzene rings is 3. The van der Waals surface area contributed by atoms with Gasteiger partial charge in [-0.2, -0.15) is 0 Å². The molecule has 404 valence electrons. The van der Waals surface area contributed by atoms with Crippen molar-refractivity contribution in [2.24, 2.45) is 0 Å². The molecule has 76 heavy (non-hydrogen) atoms. The Bertz CT molecular complexity index is 2690. The molecule has 0 spiro atoms. The van der Waals surface area contributed by atoms with Crippen molar-refractivity contribution < 1.29 is 57.5 Å². The fraction of sp³-hybridized carbons (Fsp3) is 0.404. The molecule has 2 atom stereocenters. The number of nitrogens with one attached hydrogen (secondary N) is 8. The van der Waals surface area contributed by atoms with Gasteiger partial charge < -0.3 is 52.2 Å². The van der Waals surface area contributed by atoms with Gasteiger partial charge in [0.25, 0.3) is 23.6 Å². The number of rotatable bonds is 28. The van der Waals surface area contributed by atoms with Gasteiger partial charge in [-0.15, -0.1) is 0 Å². The number of nitrogens with zero attached hydrogens (tertiary/aromatic N) is 3. The summed E-state index contributed by atoms with van der Waals surface area (Å²) in [5.41, 5.74) is 3.75. The normalized spacial score (nSPS) is 15.3. The van der Waals surface area contributed by atoms with E-state index in [1.54, 1.807) is 60.7 Å². The summed E-state index contributed by atoms with van der Waals surface area (Å²) >= 11 is 6.44. The second-order valence-electron chi connectivity index (χ2n) is 18.0. The number of fused-ring (bicyclic) bond motifs is 1. The SMILES string of the molecule is CNCCOCCc1ccc(NC(=O)NCc2ccc3c(c2)CN(C2CCC(=O)N(CNC(=O)CNC(=O)[C@H](Cc4ccccc4)NC(=O)CNC(=O)CNC(=O)CCCCCN4C(=O)C=CC4=O)C2=O)C3=O)cc1Cl. The summed E-state index contributed by atoms with van der Waals surface area (Å²) in [6.45, 7) is 0.187. The van der Waals surface area contributed by atoms with Crippen LogP contribution in [0.1, 0.15) is 71.1 Å². The van der Waals surface area contributed by atoms with Crippen LogP contribution in [0.15, 0.2) is 78.9 Å². The average molecular weight is 1070 g/mol. The molecule has 3 aliphatic rings. The van der Waals surface area contributed by atoms with E-state index >= 15 is 0 Å². The lowest BCUT2D eigenvalue weighted by Gasteiger charge is -2.35. The van der Waals surface area contributed by atoms with E-state index in [0.29, 0.717) is 71.9 Å². The smallest absolute Gasteiger partial charge is 0.319 e. The van der Waals surface area contributed by atoms with E-state index in [1.165, 1.54) is 17.1 Å². The number of likely N-dealkylation sites (N-methyl/N-ethyl adjacent to an activating group) is 1. The Morgan fingerprint density at radius 1 is 0.737 bits per heavy atom. The fourth-order valence-electron chi connectivity index (χ4n) is 8.40. The first-order valence-corrected chi connectivity index (χ1v) is 25.2. The minimum atomic E-state index is -1.20. The Labute approximate surface area is 443 Å². The molecular weight excluding hydrogens is 1010 g/mol. The van der Waals surface area contributed by atoms with Crippen LogP contribution >= 0.6 is 11.6 Å². The molecule has 0 aliphatic carbocycles. The van der Waals surface area contributed by atoms with E-state index in [1.807, 2.05) is 13.1 Å². The average Bonchev–Trinajstić information content (AvgIpc) is 3.91. The summed E-state index contributed by atoms with van der Waals surface area (Å²) in [5, 5.41) is 21.4. The van der Waals surface area contributed by atoms with Crippen LogP contribution in [0.4, 0.5) is 10.5 Å². The number of likely N-dealkylation sites (tertiary alicyclic amines) is 1. The Hall–Kier alpha value is -8.02. The topological polar surface area (TPSA) is 303 Å². The van der Waals surface area contributed by atoms with Crippen molar-refractivity contribution in [3.63, 3.8) is 0 Å². The predicted octanol–water partition coefficient (Wildman–Crippen LogP) is 0.549. The predicted molar refractivity (Wildman–Crippen MR) is 275 cm³/mol. The zero-order chi connectivity index (χ0) is 54.6. The van der Waals surface area contributed by atoms with Crippen molar-refractivity contribution in [2.75, 3.05) is 65.0 Å². The molecule has 1 fully saturated rings. The maximum atomic E-state index is 13.8. The minimum Gasteiger partial charge on any atom is -0.380 e. The third-order valence-electron chi connectivity index (χ3n) is 12.5. The number of anilines is 1. The van der Waals surface area contributed by atoms with Crippen LogP contribution in [0, 0.1) is 0 Å². The second-order valence-corrected chi connectivity index (χ2v) is 18.4. The quantitative estimate of drug-likeness (QED) is 0.0365.